The Labute approximate surface area is 95.9 Å². The summed E-state index contributed by atoms with van der Waals surface area (Å²) in [6.45, 7) is 6.21. The van der Waals surface area contributed by atoms with Gasteiger partial charge in [-0.2, -0.15) is 0 Å². The lowest BCUT2D eigenvalue weighted by Gasteiger charge is -2.09. The standard InChI is InChI=1S/C13H17N3/c1-8-5-6-11(9(2)7-8)12-10(3)15-13(14)16(12)4/h5-7H,1-4H3,(H2,14,15). The summed E-state index contributed by atoms with van der Waals surface area (Å²) in [4.78, 5) is 4.29. The van der Waals surface area contributed by atoms with E-state index in [0.29, 0.717) is 5.95 Å². The van der Waals surface area contributed by atoms with Crippen molar-refractivity contribution in [2.24, 2.45) is 7.05 Å². The highest BCUT2D eigenvalue weighted by atomic mass is 15.1. The third-order valence-corrected chi connectivity index (χ3v) is 2.94. The molecule has 0 spiro atoms. The lowest BCUT2D eigenvalue weighted by molar-refractivity contribution is 0.936. The van der Waals surface area contributed by atoms with Crippen LogP contribution in [-0.4, -0.2) is 9.55 Å². The second-order valence-electron chi connectivity index (χ2n) is 4.28. The van der Waals surface area contributed by atoms with Gasteiger partial charge >= 0.3 is 0 Å². The Hall–Kier alpha value is -1.77. The second kappa shape index (κ2) is 3.67. The van der Waals surface area contributed by atoms with Gasteiger partial charge in [-0.3, -0.25) is 0 Å². The minimum atomic E-state index is 0.562. The third kappa shape index (κ3) is 1.58. The second-order valence-corrected chi connectivity index (χ2v) is 4.28. The lowest BCUT2D eigenvalue weighted by atomic mass is 10.0. The van der Waals surface area contributed by atoms with E-state index in [2.05, 4.69) is 37.0 Å². The number of benzene rings is 1. The van der Waals surface area contributed by atoms with Crippen LogP contribution in [0.15, 0.2) is 18.2 Å². The van der Waals surface area contributed by atoms with Crippen LogP contribution in [0.25, 0.3) is 11.3 Å². The predicted molar refractivity (Wildman–Crippen MR) is 67.3 cm³/mol. The monoisotopic (exact) mass is 215 g/mol. The Morgan fingerprint density at radius 2 is 1.88 bits per heavy atom. The molecule has 3 nitrogen and oxygen atoms in total. The van der Waals surface area contributed by atoms with Crippen molar-refractivity contribution < 1.29 is 0 Å². The number of nitrogen functional groups attached to an aromatic ring is 1. The lowest BCUT2D eigenvalue weighted by Crippen LogP contribution is -1.99. The first kappa shape index (κ1) is 10.7. The van der Waals surface area contributed by atoms with Crippen LogP contribution >= 0.6 is 0 Å². The fourth-order valence-electron chi connectivity index (χ4n) is 2.11. The Kier molecular flexibility index (Phi) is 2.46. The maximum atomic E-state index is 5.81. The van der Waals surface area contributed by atoms with Crippen molar-refractivity contribution in [1.82, 2.24) is 9.55 Å². The molecular weight excluding hydrogens is 198 g/mol. The Morgan fingerprint density at radius 3 is 2.38 bits per heavy atom. The zero-order valence-corrected chi connectivity index (χ0v) is 10.2. The van der Waals surface area contributed by atoms with Crippen molar-refractivity contribution in [3.63, 3.8) is 0 Å². The molecule has 0 atom stereocenters. The van der Waals surface area contributed by atoms with Gasteiger partial charge in [0, 0.05) is 12.6 Å². The molecule has 0 saturated carbocycles. The molecule has 0 bridgehead atoms. The van der Waals surface area contributed by atoms with Crippen LogP contribution in [0, 0.1) is 20.8 Å². The summed E-state index contributed by atoms with van der Waals surface area (Å²) in [6, 6.07) is 6.43. The number of imidazole rings is 1. The number of hydrogen-bond acceptors (Lipinski definition) is 2. The molecule has 0 amide bonds. The Bertz CT molecular complexity index is 538. The maximum Gasteiger partial charge on any atom is 0.200 e. The molecule has 0 radical (unpaired) electrons. The van der Waals surface area contributed by atoms with E-state index in [9.17, 15) is 0 Å². The third-order valence-electron chi connectivity index (χ3n) is 2.94. The molecule has 0 aliphatic carbocycles. The molecule has 0 fully saturated rings. The van der Waals surface area contributed by atoms with Crippen LogP contribution in [0.5, 0.6) is 0 Å². The molecule has 0 saturated heterocycles. The minimum Gasteiger partial charge on any atom is -0.369 e. The number of aryl methyl sites for hydroxylation is 3. The molecule has 3 heteroatoms. The molecule has 0 unspecified atom stereocenters. The number of nitrogens with zero attached hydrogens (tertiary/aromatic N) is 2. The first-order valence-electron chi connectivity index (χ1n) is 5.37. The zero-order valence-electron chi connectivity index (χ0n) is 10.2. The van der Waals surface area contributed by atoms with E-state index in [0.717, 1.165) is 11.4 Å². The quantitative estimate of drug-likeness (QED) is 0.794. The molecule has 1 heterocycles. The number of anilines is 1. The highest BCUT2D eigenvalue weighted by molar-refractivity contribution is 5.68. The topological polar surface area (TPSA) is 43.8 Å². The van der Waals surface area contributed by atoms with Crippen LogP contribution < -0.4 is 5.73 Å². The van der Waals surface area contributed by atoms with Gasteiger partial charge in [-0.1, -0.05) is 23.8 Å². The average Bonchev–Trinajstić information content (AvgIpc) is 2.43. The van der Waals surface area contributed by atoms with Gasteiger partial charge in [-0.25, -0.2) is 4.98 Å². The van der Waals surface area contributed by atoms with Crippen LogP contribution in [0.3, 0.4) is 0 Å². The number of aromatic nitrogens is 2. The fraction of sp³-hybridized carbons (Fsp3) is 0.308. The van der Waals surface area contributed by atoms with Crippen LogP contribution in [0.2, 0.25) is 0 Å². The zero-order chi connectivity index (χ0) is 11.9. The van der Waals surface area contributed by atoms with E-state index >= 15 is 0 Å². The molecule has 2 N–H and O–H groups in total. The highest BCUT2D eigenvalue weighted by Gasteiger charge is 2.12. The molecule has 0 aliphatic heterocycles. The normalized spacial score (nSPS) is 10.8. The van der Waals surface area contributed by atoms with E-state index in [-0.39, 0.29) is 0 Å². The maximum absolute atomic E-state index is 5.81. The van der Waals surface area contributed by atoms with E-state index in [1.165, 1.54) is 16.7 Å². The van der Waals surface area contributed by atoms with Crippen molar-refractivity contribution in [2.45, 2.75) is 20.8 Å². The van der Waals surface area contributed by atoms with Gasteiger partial charge in [0.2, 0.25) is 5.95 Å². The minimum absolute atomic E-state index is 0.562. The molecule has 16 heavy (non-hydrogen) atoms. The summed E-state index contributed by atoms with van der Waals surface area (Å²) < 4.78 is 1.94. The summed E-state index contributed by atoms with van der Waals surface area (Å²) in [6.07, 6.45) is 0. The van der Waals surface area contributed by atoms with Crippen LogP contribution in [-0.2, 0) is 7.05 Å². The van der Waals surface area contributed by atoms with Gasteiger partial charge in [-0.15, -0.1) is 0 Å². The van der Waals surface area contributed by atoms with Crippen LogP contribution in [0.1, 0.15) is 16.8 Å². The SMILES string of the molecule is Cc1ccc(-c2c(C)nc(N)n2C)c(C)c1. The number of nitrogens with two attached hydrogens (primary N) is 1. The smallest absolute Gasteiger partial charge is 0.200 e. The fourth-order valence-corrected chi connectivity index (χ4v) is 2.11. The van der Waals surface area contributed by atoms with Gasteiger partial charge in [0.05, 0.1) is 11.4 Å². The van der Waals surface area contributed by atoms with Gasteiger partial charge in [-0.05, 0) is 26.3 Å². The first-order chi connectivity index (χ1) is 7.50. The van der Waals surface area contributed by atoms with E-state index in [1.54, 1.807) is 0 Å². The van der Waals surface area contributed by atoms with Gasteiger partial charge in [0.1, 0.15) is 0 Å². The molecule has 2 aromatic rings. The summed E-state index contributed by atoms with van der Waals surface area (Å²) >= 11 is 0. The summed E-state index contributed by atoms with van der Waals surface area (Å²) in [5, 5.41) is 0. The summed E-state index contributed by atoms with van der Waals surface area (Å²) in [5.41, 5.74) is 11.6. The van der Waals surface area contributed by atoms with Crippen molar-refractivity contribution >= 4 is 5.95 Å². The first-order valence-corrected chi connectivity index (χ1v) is 5.37. The molecule has 0 aliphatic rings. The van der Waals surface area contributed by atoms with Crippen molar-refractivity contribution in [3.05, 3.63) is 35.0 Å². The number of rotatable bonds is 1. The Balaban J connectivity index is 2.67. The molecular formula is C13H17N3. The van der Waals surface area contributed by atoms with Gasteiger partial charge in [0.25, 0.3) is 0 Å². The summed E-state index contributed by atoms with van der Waals surface area (Å²) in [7, 11) is 1.95. The van der Waals surface area contributed by atoms with E-state index in [4.69, 9.17) is 5.73 Å². The van der Waals surface area contributed by atoms with Gasteiger partial charge in [0.15, 0.2) is 0 Å². The molecule has 84 valence electrons. The highest BCUT2D eigenvalue weighted by Crippen LogP contribution is 2.28. The predicted octanol–water partition coefficient (Wildman–Crippen LogP) is 2.59. The number of hydrogen-bond donors (Lipinski definition) is 1. The van der Waals surface area contributed by atoms with Gasteiger partial charge < -0.3 is 10.3 Å². The average molecular weight is 215 g/mol. The molecule has 1 aromatic heterocycles. The van der Waals surface area contributed by atoms with E-state index in [1.807, 2.05) is 18.5 Å². The Morgan fingerprint density at radius 1 is 1.19 bits per heavy atom. The largest absolute Gasteiger partial charge is 0.369 e. The van der Waals surface area contributed by atoms with Crippen molar-refractivity contribution in [1.29, 1.82) is 0 Å². The molecule has 2 rings (SSSR count). The van der Waals surface area contributed by atoms with E-state index < -0.39 is 0 Å². The van der Waals surface area contributed by atoms with Crippen molar-refractivity contribution in [2.75, 3.05) is 5.73 Å². The van der Waals surface area contributed by atoms with Crippen LogP contribution in [0.4, 0.5) is 5.95 Å². The molecule has 1 aromatic carbocycles. The van der Waals surface area contributed by atoms with Crippen molar-refractivity contribution in [3.8, 4) is 11.3 Å². The summed E-state index contributed by atoms with van der Waals surface area (Å²) in [5.74, 6) is 0.562.